The quantitative estimate of drug-likeness (QED) is 0.0821. The second kappa shape index (κ2) is 10.7. The van der Waals surface area contributed by atoms with Crippen molar-refractivity contribution in [2.75, 3.05) is 0 Å². The Labute approximate surface area is 272 Å². The molecule has 9 rings (SSSR count). The van der Waals surface area contributed by atoms with Crippen molar-refractivity contribution in [3.05, 3.63) is 96.1 Å². The van der Waals surface area contributed by atoms with Crippen molar-refractivity contribution in [1.82, 2.24) is 39.9 Å². The van der Waals surface area contributed by atoms with Crippen LogP contribution in [-0.4, -0.2) is 57.2 Å². The number of rotatable bonds is 0. The summed E-state index contributed by atoms with van der Waals surface area (Å²) in [5.41, 5.74) is 2.73. The molecule has 2 aliphatic rings. The minimum absolute atomic E-state index is 0. The number of halogens is 5. The molecule has 5 heterocycles. The van der Waals surface area contributed by atoms with Crippen LogP contribution >= 0.6 is 12.4 Å². The molecule has 46 heavy (non-hydrogen) atoms. The van der Waals surface area contributed by atoms with Crippen LogP contribution in [0.5, 0.6) is 0 Å². The van der Waals surface area contributed by atoms with E-state index in [2.05, 4.69) is 29.9 Å². The van der Waals surface area contributed by atoms with Gasteiger partial charge in [0.25, 0.3) is 0 Å². The molecule has 0 radical (unpaired) electrons. The Kier molecular flexibility index (Phi) is 6.86. The Balaban J connectivity index is 0.00000169. The second-order valence-corrected chi connectivity index (χ2v) is 10.3. The fraction of sp³-hybridized carbons (Fsp3) is 0. The Bertz CT molecular complexity index is 2410. The van der Waals surface area contributed by atoms with Crippen molar-refractivity contribution < 1.29 is 17.6 Å². The lowest BCUT2D eigenvalue weighted by atomic mass is 10.1. The maximum Gasteiger partial charge on any atom is 0.198 e. The molecular weight excluding hydrogens is 635 g/mol. The lowest BCUT2D eigenvalue weighted by Crippen LogP contribution is -1.97. The molecule has 4 aromatic carbocycles. The van der Waals surface area contributed by atoms with Crippen LogP contribution in [-0.2, 0) is 0 Å². The van der Waals surface area contributed by atoms with Crippen molar-refractivity contribution in [3.63, 3.8) is 0 Å². The maximum absolute atomic E-state index is 15.4. The van der Waals surface area contributed by atoms with Gasteiger partial charge >= 0.3 is 0 Å². The molecule has 0 unspecified atom stereocenters. The highest BCUT2D eigenvalue weighted by Gasteiger charge is 2.27. The van der Waals surface area contributed by atoms with E-state index in [4.69, 9.17) is 9.97 Å². The molecule has 224 valence electrons. The zero-order valence-corrected chi connectivity index (χ0v) is 23.3. The molecule has 0 fully saturated rings. The maximum atomic E-state index is 15.4. The first-order chi connectivity index (χ1) is 21.5. The summed E-state index contributed by atoms with van der Waals surface area (Å²) in [5.74, 6) is -6.36. The largest absolute Gasteiger partial charge is 0.324 e. The van der Waals surface area contributed by atoms with Gasteiger partial charge in [0.1, 0.15) is 22.6 Å². The van der Waals surface area contributed by atoms with E-state index in [-0.39, 0.29) is 52.7 Å². The van der Waals surface area contributed by atoms with Crippen LogP contribution in [0.1, 0.15) is 0 Å². The molecule has 0 saturated heterocycles. The van der Waals surface area contributed by atoms with Gasteiger partial charge in [-0.05, 0) is 0 Å². The Morgan fingerprint density at radius 3 is 1.07 bits per heavy atom. The predicted octanol–water partition coefficient (Wildman–Crippen LogP) is 6.66. The van der Waals surface area contributed by atoms with Crippen molar-refractivity contribution in [3.8, 4) is 45.6 Å². The van der Waals surface area contributed by atoms with Crippen molar-refractivity contribution in [2.45, 2.75) is 0 Å². The summed E-state index contributed by atoms with van der Waals surface area (Å²) in [5, 5.41) is 0.346. The van der Waals surface area contributed by atoms with Gasteiger partial charge in [0.2, 0.25) is 0 Å². The number of aromatic amines is 2. The smallest absolute Gasteiger partial charge is 0.198 e. The molecule has 8 bridgehead atoms. The molecular formula is C32H18AlClF4N8. The van der Waals surface area contributed by atoms with Crippen LogP contribution in [0.3, 0.4) is 0 Å². The minimum Gasteiger partial charge on any atom is -0.324 e. The van der Waals surface area contributed by atoms with E-state index in [1.54, 1.807) is 48.5 Å². The predicted molar refractivity (Wildman–Crippen MR) is 173 cm³/mol. The third-order valence-corrected chi connectivity index (χ3v) is 7.76. The van der Waals surface area contributed by atoms with Gasteiger partial charge in [-0.3, -0.25) is 0 Å². The molecule has 0 atom stereocenters. The molecule has 0 aliphatic carbocycles. The normalized spacial score (nSPS) is 11.6. The Hall–Kier alpha value is -5.22. The van der Waals surface area contributed by atoms with Crippen LogP contribution in [0.25, 0.3) is 89.7 Å². The van der Waals surface area contributed by atoms with Crippen molar-refractivity contribution >= 4 is 73.9 Å². The standard InChI is InChI=1S/C32H14F4N8.Al.ClH.3H/c33-21-19-20(22(34)24(36)23(21)35)32-43-30-18-12-6-4-10-16(18)28(41-30)39-26-14-8-2-1-7-13(14)25(37-26)38-27-15-9-3-5-11-17(15)29(40-27)42-31(19)44-32;;;;;/h1-12H,(H2,37,38,39,40,41,42,43,44);;1H;;;. The van der Waals surface area contributed by atoms with Crippen molar-refractivity contribution in [2.24, 2.45) is 0 Å². The number of hydrogen-bond acceptors (Lipinski definition) is 6. The molecule has 0 amide bonds. The zero-order valence-electron chi connectivity index (χ0n) is 22.5. The molecule has 0 saturated carbocycles. The molecule has 3 aromatic heterocycles. The summed E-state index contributed by atoms with van der Waals surface area (Å²) in [7, 11) is 0. The first-order valence-corrected chi connectivity index (χ1v) is 13.4. The highest BCUT2D eigenvalue weighted by Crippen LogP contribution is 2.38. The topological polar surface area (TPSA) is 109 Å². The van der Waals surface area contributed by atoms with E-state index in [9.17, 15) is 8.78 Å². The van der Waals surface area contributed by atoms with Crippen molar-refractivity contribution in [1.29, 1.82) is 0 Å². The number of aromatic nitrogens is 8. The van der Waals surface area contributed by atoms with Gasteiger partial charge in [-0.25, -0.2) is 47.5 Å². The van der Waals surface area contributed by atoms with Crippen LogP contribution < -0.4 is 0 Å². The average molecular weight is 653 g/mol. The Morgan fingerprint density at radius 2 is 0.696 bits per heavy atom. The summed E-state index contributed by atoms with van der Waals surface area (Å²) in [6, 6.07) is 21.8. The Morgan fingerprint density at radius 1 is 0.391 bits per heavy atom. The SMILES string of the molecule is Cl.Fc1c(F)c(F)c2c3nc4nc(nc5[nH]c(nc6nc(nc([nH]3)c2c1F)-c1ccccc1-6)c1ccccc51)-c1ccccc1-4.[AlH3]. The zero-order chi connectivity index (χ0) is 29.7. The van der Waals surface area contributed by atoms with Gasteiger partial charge in [0.05, 0.1) is 10.8 Å². The second-order valence-electron chi connectivity index (χ2n) is 10.3. The monoisotopic (exact) mass is 652 g/mol. The highest BCUT2D eigenvalue weighted by atomic mass is 35.5. The fourth-order valence-electron chi connectivity index (χ4n) is 5.75. The molecule has 0 spiro atoms. The number of H-pyrrole nitrogens is 2. The van der Waals surface area contributed by atoms with Crippen LogP contribution in [0, 0.1) is 23.3 Å². The lowest BCUT2D eigenvalue weighted by Gasteiger charge is -2.00. The average Bonchev–Trinajstić information content (AvgIpc) is 3.78. The van der Waals surface area contributed by atoms with Crippen LogP contribution in [0.2, 0.25) is 0 Å². The minimum atomic E-state index is -1.97. The summed E-state index contributed by atoms with van der Waals surface area (Å²) in [4.78, 5) is 33.9. The van der Waals surface area contributed by atoms with Gasteiger partial charge in [0.15, 0.2) is 63.9 Å². The number of fused-ring (bicyclic) bond motifs is 20. The van der Waals surface area contributed by atoms with E-state index in [1.807, 2.05) is 24.3 Å². The van der Waals surface area contributed by atoms with E-state index in [1.165, 1.54) is 0 Å². The molecule has 7 aromatic rings. The molecule has 14 heteroatoms. The van der Waals surface area contributed by atoms with E-state index >= 15 is 8.78 Å². The third kappa shape index (κ3) is 4.13. The van der Waals surface area contributed by atoms with E-state index in [0.717, 1.165) is 10.8 Å². The van der Waals surface area contributed by atoms with Gasteiger partial charge in [-0.1, -0.05) is 72.8 Å². The third-order valence-electron chi connectivity index (χ3n) is 7.76. The van der Waals surface area contributed by atoms with Crippen LogP contribution in [0.15, 0.2) is 72.8 Å². The van der Waals surface area contributed by atoms with Gasteiger partial charge in [-0.2, -0.15) is 0 Å². The number of hydrogen-bond donors (Lipinski definition) is 2. The summed E-state index contributed by atoms with van der Waals surface area (Å²) < 4.78 is 59.9. The van der Waals surface area contributed by atoms with Crippen LogP contribution in [0.4, 0.5) is 17.6 Å². The highest BCUT2D eigenvalue weighted by molar-refractivity contribution is 6.06. The summed E-state index contributed by atoms with van der Waals surface area (Å²) >= 11 is 0. The van der Waals surface area contributed by atoms with Gasteiger partial charge < -0.3 is 9.97 Å². The van der Waals surface area contributed by atoms with Gasteiger partial charge in [-0.15, -0.1) is 12.4 Å². The number of nitrogens with one attached hydrogen (secondary N) is 2. The van der Waals surface area contributed by atoms with Gasteiger partial charge in [0, 0.05) is 33.0 Å². The molecule has 2 N–H and O–H groups in total. The summed E-state index contributed by atoms with van der Waals surface area (Å²) in [6.07, 6.45) is 0. The first kappa shape index (κ1) is 29.5. The lowest BCUT2D eigenvalue weighted by molar-refractivity contribution is 0.418. The first-order valence-electron chi connectivity index (χ1n) is 13.4. The number of benzene rings is 4. The fourth-order valence-corrected chi connectivity index (χ4v) is 5.75. The van der Waals surface area contributed by atoms with E-state index < -0.39 is 34.0 Å². The summed E-state index contributed by atoms with van der Waals surface area (Å²) in [6.45, 7) is 0. The molecule has 2 aliphatic heterocycles. The number of nitrogens with zero attached hydrogens (tertiary/aromatic N) is 6. The van der Waals surface area contributed by atoms with E-state index in [0.29, 0.717) is 45.2 Å². The molecule has 8 nitrogen and oxygen atoms in total.